The fraction of sp³-hybridized carbons (Fsp3) is 0.714. The highest BCUT2D eigenvalue weighted by Crippen LogP contribution is 2.45. The van der Waals surface area contributed by atoms with Crippen LogP contribution in [0.25, 0.3) is 0 Å². The number of hydrogen-bond donors (Lipinski definition) is 1. The van der Waals surface area contributed by atoms with E-state index in [0.29, 0.717) is 19.6 Å². The zero-order valence-corrected chi connectivity index (χ0v) is 7.73. The van der Waals surface area contributed by atoms with Gasteiger partial charge in [-0.25, -0.2) is 0 Å². The summed E-state index contributed by atoms with van der Waals surface area (Å²) in [6, 6.07) is 0. The molecule has 1 aliphatic carbocycles. The first kappa shape index (κ1) is 8.78. The van der Waals surface area contributed by atoms with Gasteiger partial charge in [-0.1, -0.05) is 23.2 Å². The van der Waals surface area contributed by atoms with E-state index in [1.54, 1.807) is 0 Å². The minimum Gasteiger partial charge on any atom is -0.387 e. The maximum atomic E-state index is 9.36. The number of rotatable bonds is 0. The lowest BCUT2D eigenvalue weighted by molar-refractivity contribution is -0.128. The summed E-state index contributed by atoms with van der Waals surface area (Å²) in [7, 11) is 0. The molecule has 0 amide bonds. The molecule has 1 aliphatic heterocycles. The Morgan fingerprint density at radius 3 is 2.33 bits per heavy atom. The van der Waals surface area contributed by atoms with Crippen molar-refractivity contribution in [2.75, 3.05) is 13.2 Å². The molecule has 5 heteroatoms. The van der Waals surface area contributed by atoms with Gasteiger partial charge in [0.2, 0.25) is 5.79 Å². The van der Waals surface area contributed by atoms with Gasteiger partial charge in [0.15, 0.2) is 0 Å². The third-order valence-corrected chi connectivity index (χ3v) is 3.08. The maximum absolute atomic E-state index is 9.36. The van der Waals surface area contributed by atoms with Gasteiger partial charge in [0.25, 0.3) is 0 Å². The Bertz CT molecular complexity index is 233. The molecular formula is C7H8Cl2O3. The molecule has 0 aromatic heterocycles. The monoisotopic (exact) mass is 210 g/mol. The van der Waals surface area contributed by atoms with Gasteiger partial charge in [0.05, 0.1) is 29.4 Å². The van der Waals surface area contributed by atoms with Crippen LogP contribution in [0.2, 0.25) is 0 Å². The Balaban J connectivity index is 2.31. The molecule has 1 heterocycles. The summed E-state index contributed by atoms with van der Waals surface area (Å²) in [5, 5.41) is 9.88. The predicted molar refractivity (Wildman–Crippen MR) is 44.0 cm³/mol. The average Bonchev–Trinajstić information content (AvgIpc) is 2.57. The number of halogens is 2. The van der Waals surface area contributed by atoms with Crippen molar-refractivity contribution >= 4 is 23.2 Å². The first-order valence-electron chi connectivity index (χ1n) is 3.67. The molecule has 1 unspecified atom stereocenters. The maximum Gasteiger partial charge on any atom is 0.209 e. The van der Waals surface area contributed by atoms with Gasteiger partial charge in [0.1, 0.15) is 0 Å². The van der Waals surface area contributed by atoms with Crippen LogP contribution in [-0.4, -0.2) is 30.2 Å². The lowest BCUT2D eigenvalue weighted by Crippen LogP contribution is -2.29. The molecule has 0 radical (unpaired) electrons. The van der Waals surface area contributed by atoms with Gasteiger partial charge in [-0.05, 0) is 0 Å². The normalized spacial score (nSPS) is 33.8. The van der Waals surface area contributed by atoms with Gasteiger partial charge in [0, 0.05) is 6.42 Å². The van der Waals surface area contributed by atoms with Gasteiger partial charge in [-0.3, -0.25) is 0 Å². The molecule has 68 valence electrons. The molecule has 0 saturated carbocycles. The fourth-order valence-corrected chi connectivity index (χ4v) is 1.99. The lowest BCUT2D eigenvalue weighted by atomic mass is 10.2. The molecule has 2 aliphatic rings. The molecule has 1 spiro atoms. The van der Waals surface area contributed by atoms with Crippen molar-refractivity contribution in [2.24, 2.45) is 0 Å². The van der Waals surface area contributed by atoms with Crippen molar-refractivity contribution in [1.82, 2.24) is 0 Å². The van der Waals surface area contributed by atoms with Crippen LogP contribution in [0.1, 0.15) is 6.42 Å². The summed E-state index contributed by atoms with van der Waals surface area (Å²) in [4.78, 5) is 0. The molecule has 0 bridgehead atoms. The molecule has 3 nitrogen and oxygen atoms in total. The van der Waals surface area contributed by atoms with Crippen LogP contribution in [0, 0.1) is 0 Å². The quantitative estimate of drug-likeness (QED) is 0.653. The SMILES string of the molecule is OC1CC2(OCCO2)C(Cl)=C1Cl. The summed E-state index contributed by atoms with van der Waals surface area (Å²) < 4.78 is 10.6. The molecule has 1 N–H and O–H groups in total. The van der Waals surface area contributed by atoms with E-state index in [4.69, 9.17) is 32.7 Å². The Hall–Kier alpha value is 0.200. The molecule has 1 fully saturated rings. The average molecular weight is 211 g/mol. The van der Waals surface area contributed by atoms with E-state index in [2.05, 4.69) is 0 Å². The van der Waals surface area contributed by atoms with Crippen LogP contribution in [0.4, 0.5) is 0 Å². The zero-order valence-electron chi connectivity index (χ0n) is 6.22. The zero-order chi connectivity index (χ0) is 8.77. The molecular weight excluding hydrogens is 203 g/mol. The van der Waals surface area contributed by atoms with Crippen LogP contribution in [-0.2, 0) is 9.47 Å². The van der Waals surface area contributed by atoms with E-state index in [9.17, 15) is 5.11 Å². The van der Waals surface area contributed by atoms with E-state index < -0.39 is 11.9 Å². The van der Waals surface area contributed by atoms with E-state index >= 15 is 0 Å². The van der Waals surface area contributed by atoms with Crippen LogP contribution in [0.15, 0.2) is 10.1 Å². The molecule has 12 heavy (non-hydrogen) atoms. The minimum atomic E-state index is -0.946. The topological polar surface area (TPSA) is 38.7 Å². The van der Waals surface area contributed by atoms with Crippen LogP contribution in [0.3, 0.4) is 0 Å². The van der Waals surface area contributed by atoms with E-state index in [1.165, 1.54) is 0 Å². The van der Waals surface area contributed by atoms with Gasteiger partial charge >= 0.3 is 0 Å². The second kappa shape index (κ2) is 2.86. The van der Waals surface area contributed by atoms with Crippen LogP contribution in [0.5, 0.6) is 0 Å². The van der Waals surface area contributed by atoms with Crippen molar-refractivity contribution in [2.45, 2.75) is 18.3 Å². The Morgan fingerprint density at radius 2 is 1.92 bits per heavy atom. The highest BCUT2D eigenvalue weighted by atomic mass is 35.5. The number of aliphatic hydroxyl groups is 1. The van der Waals surface area contributed by atoms with Crippen molar-refractivity contribution in [3.05, 3.63) is 10.1 Å². The largest absolute Gasteiger partial charge is 0.387 e. The molecule has 0 aromatic carbocycles. The summed E-state index contributed by atoms with van der Waals surface area (Å²) >= 11 is 11.6. The summed E-state index contributed by atoms with van der Waals surface area (Å²) in [6.45, 7) is 0.986. The number of aliphatic hydroxyl groups excluding tert-OH is 1. The van der Waals surface area contributed by atoms with Crippen LogP contribution < -0.4 is 0 Å². The number of hydrogen-bond acceptors (Lipinski definition) is 3. The first-order chi connectivity index (χ1) is 5.66. The summed E-state index contributed by atoms with van der Waals surface area (Å²) in [5.41, 5.74) is 0. The van der Waals surface area contributed by atoms with Gasteiger partial charge < -0.3 is 14.6 Å². The van der Waals surface area contributed by atoms with E-state index in [1.807, 2.05) is 0 Å². The second-order valence-corrected chi connectivity index (χ2v) is 3.62. The summed E-state index contributed by atoms with van der Waals surface area (Å²) in [5.74, 6) is -0.946. The third kappa shape index (κ3) is 1.09. The van der Waals surface area contributed by atoms with Crippen molar-refractivity contribution in [3.63, 3.8) is 0 Å². The van der Waals surface area contributed by atoms with Crippen LogP contribution >= 0.6 is 23.2 Å². The fourth-order valence-electron chi connectivity index (χ4n) is 1.46. The van der Waals surface area contributed by atoms with E-state index in [-0.39, 0.29) is 10.1 Å². The first-order valence-corrected chi connectivity index (χ1v) is 4.43. The molecule has 0 aromatic rings. The number of ether oxygens (including phenoxy) is 2. The van der Waals surface area contributed by atoms with Crippen molar-refractivity contribution < 1.29 is 14.6 Å². The Labute approximate surface area is 79.9 Å². The Kier molecular flexibility index (Phi) is 2.09. The Morgan fingerprint density at radius 1 is 1.33 bits per heavy atom. The highest BCUT2D eigenvalue weighted by molar-refractivity contribution is 6.40. The smallest absolute Gasteiger partial charge is 0.209 e. The van der Waals surface area contributed by atoms with Crippen molar-refractivity contribution in [3.8, 4) is 0 Å². The molecule has 2 rings (SSSR count). The predicted octanol–water partition coefficient (Wildman–Crippen LogP) is 1.18. The summed E-state index contributed by atoms with van der Waals surface area (Å²) in [6.07, 6.45) is -0.456. The minimum absolute atomic E-state index is 0.235. The third-order valence-electron chi connectivity index (χ3n) is 2.05. The standard InChI is InChI=1S/C7H8Cl2O3/c8-5-4(10)3-7(6(5)9)11-1-2-12-7/h4,10H,1-3H2. The second-order valence-electron chi connectivity index (χ2n) is 2.83. The van der Waals surface area contributed by atoms with E-state index in [0.717, 1.165) is 0 Å². The van der Waals surface area contributed by atoms with Crippen molar-refractivity contribution in [1.29, 1.82) is 0 Å². The highest BCUT2D eigenvalue weighted by Gasteiger charge is 2.49. The molecule has 1 atom stereocenters. The van der Waals surface area contributed by atoms with Gasteiger partial charge in [-0.15, -0.1) is 0 Å². The molecule has 1 saturated heterocycles. The van der Waals surface area contributed by atoms with Gasteiger partial charge in [-0.2, -0.15) is 0 Å². The lowest BCUT2D eigenvalue weighted by Gasteiger charge is -2.21.